The van der Waals surface area contributed by atoms with Crippen molar-refractivity contribution >= 4 is 28.3 Å². The summed E-state index contributed by atoms with van der Waals surface area (Å²) in [6.45, 7) is 0.294. The van der Waals surface area contributed by atoms with Crippen LogP contribution in [0.5, 0.6) is 5.75 Å². The molecule has 0 radical (unpaired) electrons. The van der Waals surface area contributed by atoms with Gasteiger partial charge in [-0.2, -0.15) is 0 Å². The highest BCUT2D eigenvalue weighted by Crippen LogP contribution is 2.25. The zero-order chi connectivity index (χ0) is 23.5. The Labute approximate surface area is 196 Å². The van der Waals surface area contributed by atoms with Crippen molar-refractivity contribution in [1.82, 2.24) is 24.1 Å². The number of benzene rings is 2. The zero-order valence-electron chi connectivity index (χ0n) is 19.0. The lowest BCUT2D eigenvalue weighted by atomic mass is 10.0. The quantitative estimate of drug-likeness (QED) is 0.457. The highest BCUT2D eigenvalue weighted by Gasteiger charge is 2.18. The molecule has 2 aromatic carbocycles. The Kier molecular flexibility index (Phi) is 5.99. The smallest absolute Gasteiger partial charge is 0.333 e. The van der Waals surface area contributed by atoms with Crippen LogP contribution in [0.3, 0.4) is 0 Å². The number of allylic oxidation sites excluding steroid dienone is 2. The number of imidazole rings is 1. The van der Waals surface area contributed by atoms with Gasteiger partial charge in [0.2, 0.25) is 5.91 Å². The summed E-state index contributed by atoms with van der Waals surface area (Å²) in [4.78, 5) is 25.8. The second-order valence-electron chi connectivity index (χ2n) is 8.32. The number of hydrogen-bond acceptors (Lipinski definition) is 5. The molecular weight excluding hydrogens is 432 g/mol. The predicted molar refractivity (Wildman–Crippen MR) is 130 cm³/mol. The normalized spacial score (nSPS) is 13.6. The number of rotatable bonds is 7. The van der Waals surface area contributed by atoms with E-state index >= 15 is 0 Å². The molecule has 1 aliphatic rings. The van der Waals surface area contributed by atoms with E-state index in [0.29, 0.717) is 11.4 Å². The number of nitrogens with one attached hydrogen (secondary N) is 1. The summed E-state index contributed by atoms with van der Waals surface area (Å²) in [6, 6.07) is 14.9. The minimum absolute atomic E-state index is 0.0164. The van der Waals surface area contributed by atoms with E-state index in [1.807, 2.05) is 28.8 Å². The summed E-state index contributed by atoms with van der Waals surface area (Å²) in [6.07, 6.45) is 8.00. The standard InChI is InChI=1S/C25H26N6O3/c1-34-21-13-11-18(12-14-21)26-24(32)17-29-15-19(27-28-29)16-30-22-9-5-6-10-23(22)31(25(30)33)20-7-3-2-4-8-20/h5-7,9-15H,2-4,8,16-17H2,1H3,(H,26,32). The van der Waals surface area contributed by atoms with Crippen molar-refractivity contribution in [2.24, 2.45) is 0 Å². The number of para-hydroxylation sites is 2. The molecule has 4 aromatic rings. The second kappa shape index (κ2) is 9.38. The van der Waals surface area contributed by atoms with Gasteiger partial charge in [0.1, 0.15) is 18.0 Å². The highest BCUT2D eigenvalue weighted by atomic mass is 16.5. The molecule has 0 aliphatic heterocycles. The summed E-state index contributed by atoms with van der Waals surface area (Å²) >= 11 is 0. The van der Waals surface area contributed by atoms with Gasteiger partial charge in [-0.3, -0.25) is 13.9 Å². The molecule has 34 heavy (non-hydrogen) atoms. The van der Waals surface area contributed by atoms with Gasteiger partial charge in [0.15, 0.2) is 0 Å². The molecule has 2 heterocycles. The van der Waals surface area contributed by atoms with E-state index in [-0.39, 0.29) is 24.7 Å². The van der Waals surface area contributed by atoms with Crippen LogP contribution in [0.2, 0.25) is 0 Å². The van der Waals surface area contributed by atoms with Crippen molar-refractivity contribution < 1.29 is 9.53 Å². The van der Waals surface area contributed by atoms with Crippen molar-refractivity contribution in [2.45, 2.75) is 38.8 Å². The molecule has 9 nitrogen and oxygen atoms in total. The number of anilines is 1. The lowest BCUT2D eigenvalue weighted by Gasteiger charge is -2.13. The number of ether oxygens (including phenoxy) is 1. The van der Waals surface area contributed by atoms with Gasteiger partial charge >= 0.3 is 5.69 Å². The van der Waals surface area contributed by atoms with Crippen LogP contribution >= 0.6 is 0 Å². The lowest BCUT2D eigenvalue weighted by molar-refractivity contribution is -0.116. The van der Waals surface area contributed by atoms with Crippen molar-refractivity contribution in [3.8, 4) is 5.75 Å². The molecule has 0 saturated carbocycles. The number of carbonyl (C=O) groups is 1. The zero-order valence-corrected chi connectivity index (χ0v) is 19.0. The highest BCUT2D eigenvalue weighted by molar-refractivity contribution is 5.90. The van der Waals surface area contributed by atoms with Gasteiger partial charge in [0.05, 0.1) is 30.9 Å². The molecule has 5 rings (SSSR count). The van der Waals surface area contributed by atoms with Crippen LogP contribution in [-0.4, -0.2) is 37.1 Å². The van der Waals surface area contributed by atoms with Crippen LogP contribution in [0.1, 0.15) is 31.4 Å². The Morgan fingerprint density at radius 2 is 1.88 bits per heavy atom. The molecule has 0 spiro atoms. The average Bonchev–Trinajstić information content (AvgIpc) is 3.42. The number of hydrogen-bond donors (Lipinski definition) is 1. The van der Waals surface area contributed by atoms with E-state index in [1.54, 1.807) is 42.1 Å². The summed E-state index contributed by atoms with van der Waals surface area (Å²) in [7, 11) is 1.59. The summed E-state index contributed by atoms with van der Waals surface area (Å²) in [5.41, 5.74) is 4.01. The number of fused-ring (bicyclic) bond motifs is 1. The number of methoxy groups -OCH3 is 1. The Morgan fingerprint density at radius 1 is 1.09 bits per heavy atom. The number of nitrogens with zero attached hydrogens (tertiary/aromatic N) is 5. The number of carbonyl (C=O) groups excluding carboxylic acids is 1. The van der Waals surface area contributed by atoms with E-state index in [4.69, 9.17) is 4.74 Å². The summed E-state index contributed by atoms with van der Waals surface area (Å²) < 4.78 is 10.1. The van der Waals surface area contributed by atoms with Gasteiger partial charge in [-0.05, 0) is 62.1 Å². The molecule has 2 aromatic heterocycles. The van der Waals surface area contributed by atoms with Crippen molar-refractivity contribution in [3.05, 3.63) is 77.0 Å². The Bertz CT molecular complexity index is 1410. The molecule has 174 valence electrons. The molecule has 0 bridgehead atoms. The fourth-order valence-corrected chi connectivity index (χ4v) is 4.34. The second-order valence-corrected chi connectivity index (χ2v) is 8.32. The minimum atomic E-state index is -0.223. The van der Waals surface area contributed by atoms with Crippen LogP contribution in [0.25, 0.3) is 16.7 Å². The number of aromatic nitrogens is 5. The van der Waals surface area contributed by atoms with E-state index in [2.05, 4.69) is 21.7 Å². The molecule has 1 aliphatic carbocycles. The maximum absolute atomic E-state index is 13.4. The molecule has 0 atom stereocenters. The van der Waals surface area contributed by atoms with Crippen LogP contribution in [-0.2, 0) is 17.9 Å². The predicted octanol–water partition coefficient (Wildman–Crippen LogP) is 3.51. The van der Waals surface area contributed by atoms with Crippen LogP contribution in [0.15, 0.2) is 65.6 Å². The third-order valence-electron chi connectivity index (χ3n) is 5.98. The van der Waals surface area contributed by atoms with Crippen LogP contribution in [0, 0.1) is 0 Å². The van der Waals surface area contributed by atoms with Gasteiger partial charge < -0.3 is 10.1 Å². The lowest BCUT2D eigenvalue weighted by Crippen LogP contribution is -2.25. The van der Waals surface area contributed by atoms with Gasteiger partial charge in [0, 0.05) is 11.4 Å². The maximum Gasteiger partial charge on any atom is 0.333 e. The minimum Gasteiger partial charge on any atom is -0.497 e. The monoisotopic (exact) mass is 458 g/mol. The van der Waals surface area contributed by atoms with Crippen molar-refractivity contribution in [3.63, 3.8) is 0 Å². The topological polar surface area (TPSA) is 96.0 Å². The summed E-state index contributed by atoms with van der Waals surface area (Å²) in [5, 5.41) is 11.1. The van der Waals surface area contributed by atoms with Crippen molar-refractivity contribution in [2.75, 3.05) is 12.4 Å². The molecule has 1 amide bonds. The third-order valence-corrected chi connectivity index (χ3v) is 5.98. The first-order valence-electron chi connectivity index (χ1n) is 11.3. The average molecular weight is 459 g/mol. The summed E-state index contributed by atoms with van der Waals surface area (Å²) in [5.74, 6) is 0.495. The van der Waals surface area contributed by atoms with Crippen molar-refractivity contribution in [1.29, 1.82) is 0 Å². The number of amides is 1. The van der Waals surface area contributed by atoms with E-state index in [0.717, 1.165) is 48.2 Å². The van der Waals surface area contributed by atoms with Gasteiger partial charge in [-0.15, -0.1) is 5.10 Å². The fourth-order valence-electron chi connectivity index (χ4n) is 4.34. The van der Waals surface area contributed by atoms with E-state index in [9.17, 15) is 9.59 Å². The molecular formula is C25H26N6O3. The first-order chi connectivity index (χ1) is 16.6. The van der Waals surface area contributed by atoms with Crippen LogP contribution in [0.4, 0.5) is 5.69 Å². The molecule has 1 N–H and O–H groups in total. The molecule has 0 saturated heterocycles. The molecule has 0 fully saturated rings. The first-order valence-corrected chi connectivity index (χ1v) is 11.3. The molecule has 0 unspecified atom stereocenters. The van der Waals surface area contributed by atoms with E-state index in [1.165, 1.54) is 4.68 Å². The van der Waals surface area contributed by atoms with E-state index < -0.39 is 0 Å². The van der Waals surface area contributed by atoms with Gasteiger partial charge in [-0.25, -0.2) is 9.48 Å². The SMILES string of the molecule is COc1ccc(NC(=O)Cn2cc(Cn3c(=O)n(C4=CCCCC4)c4ccccc43)nn2)cc1. The largest absolute Gasteiger partial charge is 0.497 e. The third kappa shape index (κ3) is 4.36. The van der Waals surface area contributed by atoms with Gasteiger partial charge in [-0.1, -0.05) is 23.4 Å². The first kappa shape index (κ1) is 21.7. The molecule has 9 heteroatoms. The Morgan fingerprint density at radius 3 is 2.62 bits per heavy atom. The van der Waals surface area contributed by atoms with Crippen LogP contribution < -0.4 is 15.7 Å². The fraction of sp³-hybridized carbons (Fsp3) is 0.280. The Balaban J connectivity index is 1.34. The maximum atomic E-state index is 13.4. The van der Waals surface area contributed by atoms with Gasteiger partial charge in [0.25, 0.3) is 0 Å². The Hall–Kier alpha value is -4.14.